The van der Waals surface area contributed by atoms with E-state index in [9.17, 15) is 13.2 Å². The molecule has 1 aliphatic heterocycles. The Hall–Kier alpha value is -2.44. The predicted molar refractivity (Wildman–Crippen MR) is 122 cm³/mol. The van der Waals surface area contributed by atoms with Gasteiger partial charge >= 0.3 is 0 Å². The SMILES string of the molecule is CCCCc1ccc(NC(=O)C2CCN(S(=O)(=O)/C=C/c3ccccc3)CC2)cc1. The smallest absolute Gasteiger partial charge is 0.236 e. The molecule has 2 aromatic rings. The molecule has 1 N–H and O–H groups in total. The van der Waals surface area contributed by atoms with E-state index in [0.717, 1.165) is 30.5 Å². The Labute approximate surface area is 179 Å². The molecule has 2 aromatic carbocycles. The molecular weight excluding hydrogens is 396 g/mol. The molecule has 0 aliphatic carbocycles. The molecule has 30 heavy (non-hydrogen) atoms. The molecule has 0 unspecified atom stereocenters. The van der Waals surface area contributed by atoms with E-state index < -0.39 is 10.0 Å². The van der Waals surface area contributed by atoms with E-state index in [-0.39, 0.29) is 11.8 Å². The number of sulfonamides is 1. The molecule has 0 atom stereocenters. The number of carbonyl (C=O) groups is 1. The minimum Gasteiger partial charge on any atom is -0.326 e. The highest BCUT2D eigenvalue weighted by Crippen LogP contribution is 2.23. The molecule has 1 heterocycles. The zero-order valence-electron chi connectivity index (χ0n) is 17.5. The molecule has 0 spiro atoms. The van der Waals surface area contributed by atoms with E-state index in [4.69, 9.17) is 0 Å². The highest BCUT2D eigenvalue weighted by Gasteiger charge is 2.29. The van der Waals surface area contributed by atoms with Crippen molar-refractivity contribution in [1.29, 1.82) is 0 Å². The van der Waals surface area contributed by atoms with Crippen LogP contribution in [0, 0.1) is 5.92 Å². The maximum Gasteiger partial charge on any atom is 0.236 e. The first-order valence-corrected chi connectivity index (χ1v) is 12.1. The Kier molecular flexibility index (Phi) is 7.82. The van der Waals surface area contributed by atoms with Gasteiger partial charge in [0.2, 0.25) is 15.9 Å². The van der Waals surface area contributed by atoms with Crippen LogP contribution in [0.5, 0.6) is 0 Å². The van der Waals surface area contributed by atoms with Gasteiger partial charge in [-0.3, -0.25) is 4.79 Å². The van der Waals surface area contributed by atoms with Crippen molar-refractivity contribution in [3.05, 3.63) is 71.1 Å². The van der Waals surface area contributed by atoms with Crippen LogP contribution in [0.2, 0.25) is 0 Å². The van der Waals surface area contributed by atoms with Crippen LogP contribution in [0.3, 0.4) is 0 Å². The highest BCUT2D eigenvalue weighted by atomic mass is 32.2. The molecule has 1 amide bonds. The van der Waals surface area contributed by atoms with Gasteiger partial charge in [-0.05, 0) is 55.0 Å². The number of anilines is 1. The number of aryl methyl sites for hydroxylation is 1. The van der Waals surface area contributed by atoms with Gasteiger partial charge in [-0.1, -0.05) is 55.8 Å². The van der Waals surface area contributed by atoms with Crippen molar-refractivity contribution in [2.45, 2.75) is 39.0 Å². The summed E-state index contributed by atoms with van der Waals surface area (Å²) in [5.41, 5.74) is 2.91. The van der Waals surface area contributed by atoms with Gasteiger partial charge in [0.1, 0.15) is 0 Å². The Bertz CT molecular complexity index is 946. The second-order valence-corrected chi connectivity index (χ2v) is 9.54. The molecule has 1 aliphatic rings. The number of piperidine rings is 1. The third-order valence-corrected chi connectivity index (χ3v) is 7.02. The Balaban J connectivity index is 1.50. The summed E-state index contributed by atoms with van der Waals surface area (Å²) in [6, 6.07) is 17.3. The van der Waals surface area contributed by atoms with Crippen LogP contribution in [-0.2, 0) is 21.2 Å². The lowest BCUT2D eigenvalue weighted by Crippen LogP contribution is -2.40. The summed E-state index contributed by atoms with van der Waals surface area (Å²) >= 11 is 0. The molecule has 5 nitrogen and oxygen atoms in total. The van der Waals surface area contributed by atoms with E-state index in [1.807, 2.05) is 42.5 Å². The third-order valence-electron chi connectivity index (χ3n) is 5.46. The van der Waals surface area contributed by atoms with Crippen LogP contribution in [0.15, 0.2) is 60.0 Å². The fourth-order valence-corrected chi connectivity index (χ4v) is 4.79. The summed E-state index contributed by atoms with van der Waals surface area (Å²) in [6.45, 7) is 2.88. The number of nitrogens with one attached hydrogen (secondary N) is 1. The first-order chi connectivity index (χ1) is 14.5. The molecule has 0 saturated carbocycles. The van der Waals surface area contributed by atoms with E-state index in [2.05, 4.69) is 24.4 Å². The lowest BCUT2D eigenvalue weighted by Gasteiger charge is -2.29. The molecule has 3 rings (SSSR count). The van der Waals surface area contributed by atoms with Crippen LogP contribution >= 0.6 is 0 Å². The zero-order valence-corrected chi connectivity index (χ0v) is 18.3. The van der Waals surface area contributed by atoms with Crippen molar-refractivity contribution in [2.24, 2.45) is 5.92 Å². The van der Waals surface area contributed by atoms with Crippen molar-refractivity contribution in [3.63, 3.8) is 0 Å². The average molecular weight is 427 g/mol. The number of rotatable bonds is 8. The van der Waals surface area contributed by atoms with Crippen molar-refractivity contribution < 1.29 is 13.2 Å². The first kappa shape index (κ1) is 22.2. The van der Waals surface area contributed by atoms with Crippen molar-refractivity contribution in [2.75, 3.05) is 18.4 Å². The molecule has 160 valence electrons. The van der Waals surface area contributed by atoms with Gasteiger partial charge in [0.25, 0.3) is 0 Å². The summed E-state index contributed by atoms with van der Waals surface area (Å²) in [6.07, 6.45) is 6.04. The van der Waals surface area contributed by atoms with Gasteiger partial charge in [0.15, 0.2) is 0 Å². The Morgan fingerprint density at radius 1 is 1.07 bits per heavy atom. The number of unbranched alkanes of at least 4 members (excludes halogenated alkanes) is 1. The van der Waals surface area contributed by atoms with Crippen LogP contribution in [0.1, 0.15) is 43.7 Å². The summed E-state index contributed by atoms with van der Waals surface area (Å²) in [7, 11) is -3.48. The first-order valence-electron chi connectivity index (χ1n) is 10.6. The van der Waals surface area contributed by atoms with Crippen LogP contribution in [0.25, 0.3) is 6.08 Å². The van der Waals surface area contributed by atoms with Gasteiger partial charge in [0.05, 0.1) is 0 Å². The Morgan fingerprint density at radius 2 is 1.73 bits per heavy atom. The number of carbonyl (C=O) groups excluding carboxylic acids is 1. The van der Waals surface area contributed by atoms with Crippen molar-refractivity contribution in [1.82, 2.24) is 4.31 Å². The van der Waals surface area contributed by atoms with Gasteiger partial charge < -0.3 is 5.32 Å². The van der Waals surface area contributed by atoms with Gasteiger partial charge in [-0.15, -0.1) is 0 Å². The Morgan fingerprint density at radius 3 is 2.37 bits per heavy atom. The monoisotopic (exact) mass is 426 g/mol. The average Bonchev–Trinajstić information content (AvgIpc) is 2.78. The van der Waals surface area contributed by atoms with Crippen LogP contribution in [-0.4, -0.2) is 31.7 Å². The number of hydrogen-bond acceptors (Lipinski definition) is 3. The van der Waals surface area contributed by atoms with Gasteiger partial charge in [-0.2, -0.15) is 4.31 Å². The van der Waals surface area contributed by atoms with E-state index in [0.29, 0.717) is 25.9 Å². The molecule has 0 aromatic heterocycles. The topological polar surface area (TPSA) is 66.5 Å². The second-order valence-electron chi connectivity index (χ2n) is 7.72. The minimum atomic E-state index is -3.48. The summed E-state index contributed by atoms with van der Waals surface area (Å²) < 4.78 is 26.6. The molecule has 0 radical (unpaired) electrons. The van der Waals surface area contributed by atoms with E-state index in [1.165, 1.54) is 15.3 Å². The molecule has 1 fully saturated rings. The van der Waals surface area contributed by atoms with Crippen molar-refractivity contribution >= 4 is 27.7 Å². The third kappa shape index (κ3) is 6.28. The summed E-state index contributed by atoms with van der Waals surface area (Å²) in [4.78, 5) is 12.6. The van der Waals surface area contributed by atoms with Crippen molar-refractivity contribution in [3.8, 4) is 0 Å². The van der Waals surface area contributed by atoms with Crippen LogP contribution < -0.4 is 5.32 Å². The van der Waals surface area contributed by atoms with Gasteiger partial charge in [0, 0.05) is 30.1 Å². The maximum absolute atomic E-state index is 12.6. The lowest BCUT2D eigenvalue weighted by atomic mass is 9.97. The van der Waals surface area contributed by atoms with E-state index in [1.54, 1.807) is 6.08 Å². The second kappa shape index (κ2) is 10.5. The number of nitrogens with zero attached hydrogens (tertiary/aromatic N) is 1. The molecule has 0 bridgehead atoms. The molecular formula is C24H30N2O3S. The number of hydrogen-bond donors (Lipinski definition) is 1. The van der Waals surface area contributed by atoms with Crippen LogP contribution in [0.4, 0.5) is 5.69 Å². The maximum atomic E-state index is 12.6. The normalized spacial score (nSPS) is 16.0. The summed E-state index contributed by atoms with van der Waals surface area (Å²) in [5, 5.41) is 4.23. The molecule has 6 heteroatoms. The number of benzene rings is 2. The van der Waals surface area contributed by atoms with Gasteiger partial charge in [-0.25, -0.2) is 8.42 Å². The number of amides is 1. The minimum absolute atomic E-state index is 0.0341. The molecule has 1 saturated heterocycles. The van der Waals surface area contributed by atoms with E-state index >= 15 is 0 Å². The quantitative estimate of drug-likeness (QED) is 0.666. The highest BCUT2D eigenvalue weighted by molar-refractivity contribution is 7.92. The zero-order chi connectivity index (χ0) is 21.4. The largest absolute Gasteiger partial charge is 0.326 e. The predicted octanol–water partition coefficient (Wildman–Crippen LogP) is 4.68. The standard InChI is InChI=1S/C24H30N2O3S/c1-2-3-7-21-10-12-23(13-11-21)25-24(27)22-14-17-26(18-15-22)30(28,29)19-16-20-8-5-4-6-9-20/h4-6,8-13,16,19,22H,2-3,7,14-15,17-18H2,1H3,(H,25,27)/b19-16+. The fraction of sp³-hybridized carbons (Fsp3) is 0.375. The summed E-state index contributed by atoms with van der Waals surface area (Å²) in [5.74, 6) is -0.206. The fourth-order valence-electron chi connectivity index (χ4n) is 3.57. The lowest BCUT2D eigenvalue weighted by molar-refractivity contribution is -0.120.